The minimum absolute atomic E-state index is 0.0150. The number of amides is 3. The standard InChI is InChI=1S/C27H20N8O9S2/c36-20(33-7-8-35(21(37)11-33)46(40,41)27-31-16-3-1-2-4-19(16)45-27)10-34-13-30-22-23(28-12-29-24(22)34)32-26(39)44-25(38)15-5-6-17-18(9-15)43-14-42-17/h1-6,9,12-13H,7-8,10-11,14H2,(H,28,29,32,39). The highest BCUT2D eigenvalue weighted by Crippen LogP contribution is 2.33. The van der Waals surface area contributed by atoms with Crippen LogP contribution < -0.4 is 14.8 Å². The molecule has 0 atom stereocenters. The Morgan fingerprint density at radius 1 is 1.02 bits per heavy atom. The zero-order valence-electron chi connectivity index (χ0n) is 23.4. The van der Waals surface area contributed by atoms with Crippen LogP contribution in [0.25, 0.3) is 21.4 Å². The Bertz CT molecular complexity index is 2150. The molecule has 1 saturated heterocycles. The molecule has 0 radical (unpaired) electrons. The first-order valence-electron chi connectivity index (χ1n) is 13.4. The average Bonchev–Trinajstić information content (AvgIpc) is 3.79. The number of sulfonamides is 1. The highest BCUT2D eigenvalue weighted by atomic mass is 32.2. The number of nitrogens with zero attached hydrogens (tertiary/aromatic N) is 7. The minimum Gasteiger partial charge on any atom is -0.454 e. The van der Waals surface area contributed by atoms with Crippen molar-refractivity contribution >= 4 is 72.4 Å². The Labute approximate surface area is 262 Å². The van der Waals surface area contributed by atoms with Gasteiger partial charge < -0.3 is 23.7 Å². The highest BCUT2D eigenvalue weighted by Gasteiger charge is 2.37. The van der Waals surface area contributed by atoms with E-state index < -0.39 is 40.4 Å². The summed E-state index contributed by atoms with van der Waals surface area (Å²) in [5, 5.41) is 2.34. The normalized spacial score (nSPS) is 14.6. The zero-order valence-corrected chi connectivity index (χ0v) is 25.0. The van der Waals surface area contributed by atoms with Crippen molar-refractivity contribution in [2.75, 3.05) is 31.7 Å². The molecule has 234 valence electrons. The molecule has 17 nitrogen and oxygen atoms in total. The van der Waals surface area contributed by atoms with Gasteiger partial charge in [-0.15, -0.1) is 11.3 Å². The number of carbonyl (C=O) groups is 4. The Morgan fingerprint density at radius 2 is 1.85 bits per heavy atom. The SMILES string of the molecule is O=C(Nc1ncnc2c1ncn2CC(=O)N1CCN(S(=O)(=O)c2nc3ccccc3s2)C(=O)C1)OC(=O)c1ccc2c(c1)OCO2. The van der Waals surface area contributed by atoms with E-state index in [-0.39, 0.29) is 53.3 Å². The Morgan fingerprint density at radius 3 is 2.67 bits per heavy atom. The second kappa shape index (κ2) is 11.3. The number of imidazole rings is 1. The summed E-state index contributed by atoms with van der Waals surface area (Å²) in [7, 11) is -4.20. The molecule has 19 heteroatoms. The maximum Gasteiger partial charge on any atom is 0.420 e. The number of para-hydroxylation sites is 1. The second-order valence-corrected chi connectivity index (χ2v) is 12.9. The van der Waals surface area contributed by atoms with E-state index in [0.29, 0.717) is 21.7 Å². The van der Waals surface area contributed by atoms with Crippen molar-refractivity contribution in [3.63, 3.8) is 0 Å². The number of ether oxygens (including phenoxy) is 3. The fourth-order valence-electron chi connectivity index (χ4n) is 4.80. The van der Waals surface area contributed by atoms with Gasteiger partial charge in [0.15, 0.2) is 28.5 Å². The molecule has 3 aromatic heterocycles. The predicted molar refractivity (Wildman–Crippen MR) is 157 cm³/mol. The molecule has 0 saturated carbocycles. The van der Waals surface area contributed by atoms with Crippen LogP contribution in [-0.4, -0.2) is 92.4 Å². The number of anilines is 1. The zero-order chi connectivity index (χ0) is 32.0. The third-order valence-electron chi connectivity index (χ3n) is 7.04. The highest BCUT2D eigenvalue weighted by molar-refractivity contribution is 7.91. The molecule has 0 bridgehead atoms. The van der Waals surface area contributed by atoms with Crippen LogP contribution in [0.5, 0.6) is 11.5 Å². The van der Waals surface area contributed by atoms with Crippen LogP contribution in [0.4, 0.5) is 10.6 Å². The summed E-state index contributed by atoms with van der Waals surface area (Å²) in [5.41, 5.74) is 0.840. The number of aromatic nitrogens is 5. The Balaban J connectivity index is 0.993. The van der Waals surface area contributed by atoms with Gasteiger partial charge in [-0.05, 0) is 30.3 Å². The topological polar surface area (TPSA) is 205 Å². The molecular formula is C27H20N8O9S2. The third-order valence-corrected chi connectivity index (χ3v) is 10.2. The molecular weight excluding hydrogens is 644 g/mol. The van der Waals surface area contributed by atoms with Gasteiger partial charge in [0.25, 0.3) is 15.9 Å². The molecule has 2 aliphatic rings. The molecule has 3 amide bonds. The van der Waals surface area contributed by atoms with Gasteiger partial charge in [0.05, 0.1) is 28.7 Å². The predicted octanol–water partition coefficient (Wildman–Crippen LogP) is 1.61. The fourth-order valence-corrected chi connectivity index (χ4v) is 7.51. The summed E-state index contributed by atoms with van der Waals surface area (Å²) in [6, 6.07) is 11.2. The largest absolute Gasteiger partial charge is 0.454 e. The molecule has 5 aromatic rings. The molecule has 5 heterocycles. The van der Waals surface area contributed by atoms with Gasteiger partial charge in [0.1, 0.15) is 19.4 Å². The van der Waals surface area contributed by atoms with Gasteiger partial charge >= 0.3 is 12.1 Å². The Kier molecular flexibility index (Phi) is 7.16. The summed E-state index contributed by atoms with van der Waals surface area (Å²) in [4.78, 5) is 68.7. The summed E-state index contributed by atoms with van der Waals surface area (Å²) < 4.78 is 44.2. The second-order valence-electron chi connectivity index (χ2n) is 9.87. The Hall–Kier alpha value is -5.69. The van der Waals surface area contributed by atoms with Crippen molar-refractivity contribution < 1.29 is 41.8 Å². The number of piperazine rings is 1. The minimum atomic E-state index is -4.20. The number of nitrogens with one attached hydrogen (secondary N) is 1. The molecule has 0 unspecified atom stereocenters. The van der Waals surface area contributed by atoms with E-state index in [1.807, 2.05) is 0 Å². The quantitative estimate of drug-likeness (QED) is 0.203. The first-order chi connectivity index (χ1) is 22.2. The molecule has 2 aromatic carbocycles. The number of benzene rings is 2. The van der Waals surface area contributed by atoms with E-state index in [0.717, 1.165) is 22.0 Å². The lowest BCUT2D eigenvalue weighted by atomic mass is 10.2. The van der Waals surface area contributed by atoms with Gasteiger partial charge in [-0.3, -0.25) is 14.9 Å². The van der Waals surface area contributed by atoms with Gasteiger partial charge in [-0.2, -0.15) is 8.42 Å². The monoisotopic (exact) mass is 664 g/mol. The first kappa shape index (κ1) is 29.0. The number of hydrogen-bond donors (Lipinski definition) is 1. The molecule has 0 spiro atoms. The summed E-state index contributed by atoms with van der Waals surface area (Å²) in [5.74, 6) is -1.49. The third kappa shape index (κ3) is 5.30. The van der Waals surface area contributed by atoms with Gasteiger partial charge in [0.2, 0.25) is 17.0 Å². The van der Waals surface area contributed by atoms with Gasteiger partial charge in [-0.25, -0.2) is 33.8 Å². The van der Waals surface area contributed by atoms with Crippen LogP contribution in [0.1, 0.15) is 10.4 Å². The molecule has 46 heavy (non-hydrogen) atoms. The maximum absolute atomic E-state index is 13.2. The molecule has 2 aliphatic heterocycles. The number of hydrogen-bond acceptors (Lipinski definition) is 14. The summed E-state index contributed by atoms with van der Waals surface area (Å²) >= 11 is 0.966. The van der Waals surface area contributed by atoms with Crippen LogP contribution >= 0.6 is 11.3 Å². The maximum atomic E-state index is 13.2. The van der Waals surface area contributed by atoms with Crippen LogP contribution in [0.15, 0.2) is 59.5 Å². The van der Waals surface area contributed by atoms with Crippen molar-refractivity contribution in [3.8, 4) is 11.5 Å². The lowest BCUT2D eigenvalue weighted by molar-refractivity contribution is -0.142. The van der Waals surface area contributed by atoms with E-state index in [1.165, 1.54) is 34.0 Å². The van der Waals surface area contributed by atoms with E-state index in [9.17, 15) is 27.6 Å². The van der Waals surface area contributed by atoms with Crippen LogP contribution in [0, 0.1) is 0 Å². The number of fused-ring (bicyclic) bond motifs is 3. The van der Waals surface area contributed by atoms with E-state index in [4.69, 9.17) is 14.2 Å². The van der Waals surface area contributed by atoms with E-state index >= 15 is 0 Å². The molecule has 1 N–H and O–H groups in total. The van der Waals surface area contributed by atoms with Crippen molar-refractivity contribution in [2.24, 2.45) is 0 Å². The van der Waals surface area contributed by atoms with Crippen LogP contribution in [-0.2, 0) is 30.9 Å². The molecule has 7 rings (SSSR count). The number of thiazole rings is 1. The van der Waals surface area contributed by atoms with Crippen LogP contribution in [0.3, 0.4) is 0 Å². The van der Waals surface area contributed by atoms with Crippen molar-refractivity contribution in [3.05, 3.63) is 60.7 Å². The summed E-state index contributed by atoms with van der Waals surface area (Å²) in [6.45, 7) is -1.01. The van der Waals surface area contributed by atoms with Crippen molar-refractivity contribution in [2.45, 2.75) is 10.9 Å². The lowest BCUT2D eigenvalue weighted by Crippen LogP contribution is -2.54. The first-order valence-corrected chi connectivity index (χ1v) is 15.7. The summed E-state index contributed by atoms with van der Waals surface area (Å²) in [6.07, 6.45) is 1.28. The number of esters is 1. The van der Waals surface area contributed by atoms with E-state index in [2.05, 4.69) is 25.3 Å². The van der Waals surface area contributed by atoms with Crippen molar-refractivity contribution in [1.29, 1.82) is 0 Å². The van der Waals surface area contributed by atoms with Gasteiger partial charge in [-0.1, -0.05) is 12.1 Å². The molecule has 1 fully saturated rings. The van der Waals surface area contributed by atoms with Crippen molar-refractivity contribution in [1.82, 2.24) is 33.7 Å². The fraction of sp³-hybridized carbons (Fsp3) is 0.185. The van der Waals surface area contributed by atoms with E-state index in [1.54, 1.807) is 24.3 Å². The number of carbonyl (C=O) groups excluding carboxylic acids is 4. The lowest BCUT2D eigenvalue weighted by Gasteiger charge is -2.33. The van der Waals surface area contributed by atoms with Gasteiger partial charge in [0, 0.05) is 6.54 Å². The average molecular weight is 665 g/mol. The van der Waals surface area contributed by atoms with Crippen LogP contribution in [0.2, 0.25) is 0 Å². The number of rotatable bonds is 6. The smallest absolute Gasteiger partial charge is 0.420 e. The molecule has 0 aliphatic carbocycles.